The van der Waals surface area contributed by atoms with Gasteiger partial charge in [-0.2, -0.15) is 0 Å². The van der Waals surface area contributed by atoms with E-state index in [1.54, 1.807) is 38.3 Å². The van der Waals surface area contributed by atoms with Crippen LogP contribution in [0.3, 0.4) is 0 Å². The molecule has 0 radical (unpaired) electrons. The SMILES string of the molecule is [2H]C(C)C(=O)c1ccc(OC)cc1. The molecule has 0 amide bonds. The van der Waals surface area contributed by atoms with Crippen molar-refractivity contribution >= 4 is 5.78 Å². The predicted octanol–water partition coefficient (Wildman–Crippen LogP) is 2.29. The molecule has 1 unspecified atom stereocenters. The highest BCUT2D eigenvalue weighted by molar-refractivity contribution is 5.95. The highest BCUT2D eigenvalue weighted by Crippen LogP contribution is 2.12. The summed E-state index contributed by atoms with van der Waals surface area (Å²) in [6.45, 7) is 1.56. The molecule has 0 aliphatic rings. The summed E-state index contributed by atoms with van der Waals surface area (Å²) in [6.07, 6.45) is -0.701. The van der Waals surface area contributed by atoms with E-state index < -0.39 is 6.40 Å². The number of ketones is 1. The van der Waals surface area contributed by atoms with E-state index in [0.717, 1.165) is 0 Å². The minimum Gasteiger partial charge on any atom is -0.497 e. The molecule has 12 heavy (non-hydrogen) atoms. The van der Waals surface area contributed by atoms with Gasteiger partial charge in [-0.15, -0.1) is 0 Å². The highest BCUT2D eigenvalue weighted by Gasteiger charge is 2.01. The number of hydrogen-bond donors (Lipinski definition) is 0. The molecule has 0 spiro atoms. The van der Waals surface area contributed by atoms with Gasteiger partial charge in [0, 0.05) is 13.3 Å². The highest BCUT2D eigenvalue weighted by atomic mass is 16.5. The van der Waals surface area contributed by atoms with Crippen molar-refractivity contribution in [2.45, 2.75) is 13.3 Å². The van der Waals surface area contributed by atoms with E-state index in [4.69, 9.17) is 6.11 Å². The van der Waals surface area contributed by atoms with Gasteiger partial charge in [-0.25, -0.2) is 0 Å². The Morgan fingerprint density at radius 3 is 2.50 bits per heavy atom. The Kier molecular flexibility index (Phi) is 2.39. The fourth-order valence-corrected chi connectivity index (χ4v) is 0.922. The van der Waals surface area contributed by atoms with Crippen LogP contribution in [0.15, 0.2) is 24.3 Å². The normalized spacial score (nSPS) is 13.3. The van der Waals surface area contributed by atoms with Gasteiger partial charge in [0.2, 0.25) is 0 Å². The van der Waals surface area contributed by atoms with Crippen molar-refractivity contribution in [2.75, 3.05) is 7.11 Å². The Morgan fingerprint density at radius 1 is 1.50 bits per heavy atom. The average Bonchev–Trinajstić information content (AvgIpc) is 2.17. The summed E-state index contributed by atoms with van der Waals surface area (Å²) >= 11 is 0. The van der Waals surface area contributed by atoms with Crippen molar-refractivity contribution in [1.29, 1.82) is 0 Å². The van der Waals surface area contributed by atoms with E-state index >= 15 is 0 Å². The summed E-state index contributed by atoms with van der Waals surface area (Å²) in [6, 6.07) is 6.78. The fraction of sp³-hybridized carbons (Fsp3) is 0.300. The van der Waals surface area contributed by atoms with Gasteiger partial charge in [0.15, 0.2) is 5.78 Å². The molecule has 1 aromatic carbocycles. The molecule has 0 aliphatic heterocycles. The van der Waals surface area contributed by atoms with Crippen LogP contribution in [0, 0.1) is 0 Å². The Bertz CT molecular complexity index is 290. The smallest absolute Gasteiger partial charge is 0.162 e. The lowest BCUT2D eigenvalue weighted by Crippen LogP contribution is -1.95. The van der Waals surface area contributed by atoms with E-state index in [-0.39, 0.29) is 5.78 Å². The molecule has 64 valence electrons. The van der Waals surface area contributed by atoms with Crippen LogP contribution in [0.25, 0.3) is 0 Å². The lowest BCUT2D eigenvalue weighted by atomic mass is 10.1. The molecule has 1 aromatic rings. The molecule has 0 aromatic heterocycles. The first-order valence-electron chi connectivity index (χ1n) is 4.33. The maximum atomic E-state index is 11.3. The van der Waals surface area contributed by atoms with Gasteiger partial charge in [0.1, 0.15) is 5.75 Å². The van der Waals surface area contributed by atoms with Crippen molar-refractivity contribution in [3.8, 4) is 5.75 Å². The number of methoxy groups -OCH3 is 1. The Balaban J connectivity index is 2.86. The molecule has 0 N–H and O–H groups in total. The van der Waals surface area contributed by atoms with E-state index in [0.29, 0.717) is 11.3 Å². The molecule has 1 rings (SSSR count). The van der Waals surface area contributed by atoms with Crippen molar-refractivity contribution in [1.82, 2.24) is 0 Å². The van der Waals surface area contributed by atoms with Crippen LogP contribution in [0.2, 0.25) is 0 Å². The number of ether oxygens (including phenoxy) is 1. The zero-order valence-corrected chi connectivity index (χ0v) is 7.20. The minimum atomic E-state index is -0.701. The number of Topliss-reactive ketones (excluding diaryl/α,β-unsaturated/α-hetero) is 1. The fourth-order valence-electron chi connectivity index (χ4n) is 0.922. The van der Waals surface area contributed by atoms with Crippen LogP contribution in [0.1, 0.15) is 25.0 Å². The standard InChI is InChI=1S/C10H12O2/c1-3-10(11)8-4-6-9(12-2)7-5-8/h4-7H,3H2,1-2H3/i3D. The summed E-state index contributed by atoms with van der Waals surface area (Å²) in [5.74, 6) is 0.553. The molecule has 2 heteroatoms. The third-order valence-electron chi connectivity index (χ3n) is 1.64. The van der Waals surface area contributed by atoms with Crippen LogP contribution >= 0.6 is 0 Å². The number of carbonyl (C=O) groups is 1. The topological polar surface area (TPSA) is 26.3 Å². The first-order chi connectivity index (χ1) is 6.15. The van der Waals surface area contributed by atoms with E-state index in [1.165, 1.54) is 0 Å². The molecule has 0 bridgehead atoms. The second kappa shape index (κ2) is 3.90. The van der Waals surface area contributed by atoms with Crippen molar-refractivity contribution in [2.24, 2.45) is 0 Å². The zero-order chi connectivity index (χ0) is 9.84. The molecule has 2 nitrogen and oxygen atoms in total. The molecular formula is C10H12O2. The zero-order valence-electron chi connectivity index (χ0n) is 8.20. The van der Waals surface area contributed by atoms with Gasteiger partial charge in [-0.3, -0.25) is 4.79 Å². The average molecular weight is 165 g/mol. The summed E-state index contributed by atoms with van der Waals surface area (Å²) < 4.78 is 12.2. The van der Waals surface area contributed by atoms with Gasteiger partial charge in [0.05, 0.1) is 7.11 Å². The number of hydrogen-bond acceptors (Lipinski definition) is 2. The Hall–Kier alpha value is -1.31. The van der Waals surface area contributed by atoms with Crippen LogP contribution in [-0.4, -0.2) is 12.9 Å². The lowest BCUT2D eigenvalue weighted by Gasteiger charge is -2.00. The Morgan fingerprint density at radius 2 is 2.08 bits per heavy atom. The Labute approximate surface area is 73.6 Å². The van der Waals surface area contributed by atoms with Crippen LogP contribution in [0.4, 0.5) is 0 Å². The number of rotatable bonds is 3. The summed E-state index contributed by atoms with van der Waals surface area (Å²) in [5.41, 5.74) is 0.559. The maximum Gasteiger partial charge on any atom is 0.162 e. The van der Waals surface area contributed by atoms with Gasteiger partial charge in [-0.05, 0) is 24.3 Å². The van der Waals surface area contributed by atoms with Gasteiger partial charge in [0.25, 0.3) is 0 Å². The van der Waals surface area contributed by atoms with Gasteiger partial charge in [-0.1, -0.05) is 6.92 Å². The van der Waals surface area contributed by atoms with E-state index in [2.05, 4.69) is 0 Å². The minimum absolute atomic E-state index is 0.164. The largest absolute Gasteiger partial charge is 0.497 e. The quantitative estimate of drug-likeness (QED) is 0.642. The van der Waals surface area contributed by atoms with E-state index in [1.807, 2.05) is 0 Å². The van der Waals surface area contributed by atoms with Crippen molar-refractivity contribution in [3.05, 3.63) is 29.8 Å². The van der Waals surface area contributed by atoms with E-state index in [9.17, 15) is 4.79 Å². The molecule has 0 aliphatic carbocycles. The third-order valence-corrected chi connectivity index (χ3v) is 1.64. The summed E-state index contributed by atoms with van der Waals surface area (Å²) in [4.78, 5) is 11.3. The first-order valence-corrected chi connectivity index (χ1v) is 3.75. The lowest BCUT2D eigenvalue weighted by molar-refractivity contribution is 0.0988. The molecule has 0 saturated heterocycles. The molecular weight excluding hydrogens is 152 g/mol. The van der Waals surface area contributed by atoms with Crippen molar-refractivity contribution < 1.29 is 10.9 Å². The summed E-state index contributed by atoms with van der Waals surface area (Å²) in [7, 11) is 1.57. The third kappa shape index (κ3) is 1.84. The maximum absolute atomic E-state index is 11.3. The van der Waals surface area contributed by atoms with Crippen molar-refractivity contribution in [3.63, 3.8) is 0 Å². The van der Waals surface area contributed by atoms with Gasteiger partial charge >= 0.3 is 0 Å². The van der Waals surface area contributed by atoms with Gasteiger partial charge < -0.3 is 4.74 Å². The molecule has 0 fully saturated rings. The van der Waals surface area contributed by atoms with Crippen LogP contribution < -0.4 is 4.74 Å². The second-order valence-electron chi connectivity index (χ2n) is 2.38. The monoisotopic (exact) mass is 165 g/mol. The summed E-state index contributed by atoms with van der Waals surface area (Å²) in [5, 5.41) is 0. The second-order valence-corrected chi connectivity index (χ2v) is 2.38. The number of benzene rings is 1. The molecule has 1 atom stereocenters. The number of carbonyl (C=O) groups excluding carboxylic acids is 1. The predicted molar refractivity (Wildman–Crippen MR) is 47.6 cm³/mol. The van der Waals surface area contributed by atoms with Crippen LogP contribution in [-0.2, 0) is 0 Å². The molecule has 0 heterocycles. The first kappa shape index (κ1) is 7.35. The van der Waals surface area contributed by atoms with Crippen LogP contribution in [0.5, 0.6) is 5.75 Å². The molecule has 0 saturated carbocycles.